The van der Waals surface area contributed by atoms with Gasteiger partial charge >= 0.3 is 0 Å². The number of phenolic OH excluding ortho intramolecular Hbond substituents is 3. The predicted molar refractivity (Wildman–Crippen MR) is 87.1 cm³/mol. The fourth-order valence-corrected chi connectivity index (χ4v) is 2.66. The van der Waals surface area contributed by atoms with Crippen molar-refractivity contribution in [2.45, 2.75) is 20.8 Å². The van der Waals surface area contributed by atoms with E-state index in [0.29, 0.717) is 16.7 Å². The Balaban J connectivity index is 2.37. The Hall–Kier alpha value is -2.95. The maximum absolute atomic E-state index is 12.8. The number of aryl methyl sites for hydroxylation is 2. The molecule has 0 aliphatic carbocycles. The molecule has 2 aromatic carbocycles. The fourth-order valence-electron chi connectivity index (χ4n) is 2.66. The highest BCUT2D eigenvalue weighted by Crippen LogP contribution is 2.35. The quantitative estimate of drug-likeness (QED) is 0.639. The number of benzene rings is 2. The molecule has 1 aromatic heterocycles. The number of hydrogen-bond donors (Lipinski definition) is 3. The number of aromatic hydroxyl groups is 3. The molecule has 0 saturated carbocycles. The highest BCUT2D eigenvalue weighted by molar-refractivity contribution is 5.89. The van der Waals surface area contributed by atoms with Crippen molar-refractivity contribution < 1.29 is 19.7 Å². The molecule has 1 heterocycles. The second-order valence-corrected chi connectivity index (χ2v) is 5.68. The average molecular weight is 312 g/mol. The summed E-state index contributed by atoms with van der Waals surface area (Å²) in [7, 11) is 0. The van der Waals surface area contributed by atoms with Gasteiger partial charge in [0.25, 0.3) is 0 Å². The zero-order valence-electron chi connectivity index (χ0n) is 13.0. The maximum Gasteiger partial charge on any atom is 0.204 e. The van der Waals surface area contributed by atoms with Gasteiger partial charge in [-0.15, -0.1) is 0 Å². The first-order chi connectivity index (χ1) is 10.8. The van der Waals surface area contributed by atoms with Crippen molar-refractivity contribution in [3.63, 3.8) is 0 Å². The van der Waals surface area contributed by atoms with Crippen LogP contribution in [0.25, 0.3) is 22.1 Å². The van der Waals surface area contributed by atoms with E-state index in [0.717, 1.165) is 0 Å². The van der Waals surface area contributed by atoms with Crippen LogP contribution in [0.2, 0.25) is 0 Å². The van der Waals surface area contributed by atoms with Crippen LogP contribution in [0, 0.1) is 20.8 Å². The Morgan fingerprint density at radius 3 is 2.13 bits per heavy atom. The molecule has 3 aromatic rings. The van der Waals surface area contributed by atoms with E-state index in [1.807, 2.05) is 0 Å². The standard InChI is InChI=1S/C18H16O5/c1-8-4-11(5-9(2)16(8)20)12-7-23-14-6-13(19)10(3)17(21)15(14)18(12)22/h4-7,19-21H,1-3H3. The Morgan fingerprint density at radius 1 is 0.913 bits per heavy atom. The van der Waals surface area contributed by atoms with E-state index in [2.05, 4.69) is 0 Å². The van der Waals surface area contributed by atoms with E-state index in [-0.39, 0.29) is 39.3 Å². The van der Waals surface area contributed by atoms with Gasteiger partial charge in [-0.2, -0.15) is 0 Å². The van der Waals surface area contributed by atoms with Gasteiger partial charge in [-0.25, -0.2) is 0 Å². The lowest BCUT2D eigenvalue weighted by atomic mass is 9.99. The first-order valence-electron chi connectivity index (χ1n) is 7.09. The van der Waals surface area contributed by atoms with E-state index >= 15 is 0 Å². The summed E-state index contributed by atoms with van der Waals surface area (Å²) in [4.78, 5) is 12.8. The Kier molecular flexibility index (Phi) is 3.29. The summed E-state index contributed by atoms with van der Waals surface area (Å²) in [5.74, 6) is -0.243. The molecule has 23 heavy (non-hydrogen) atoms. The third kappa shape index (κ3) is 2.21. The van der Waals surface area contributed by atoms with Gasteiger partial charge in [0, 0.05) is 11.6 Å². The minimum atomic E-state index is -0.392. The minimum absolute atomic E-state index is 0.0289. The van der Waals surface area contributed by atoms with Crippen molar-refractivity contribution in [1.29, 1.82) is 0 Å². The highest BCUT2D eigenvalue weighted by Gasteiger charge is 2.17. The molecule has 118 valence electrons. The van der Waals surface area contributed by atoms with Crippen LogP contribution in [0.15, 0.2) is 33.7 Å². The number of hydrogen-bond acceptors (Lipinski definition) is 5. The van der Waals surface area contributed by atoms with E-state index < -0.39 is 5.43 Å². The van der Waals surface area contributed by atoms with E-state index in [1.165, 1.54) is 19.3 Å². The highest BCUT2D eigenvalue weighted by atomic mass is 16.3. The topological polar surface area (TPSA) is 90.9 Å². The minimum Gasteiger partial charge on any atom is -0.507 e. The Labute approximate surface area is 132 Å². The molecule has 5 nitrogen and oxygen atoms in total. The lowest BCUT2D eigenvalue weighted by molar-refractivity contribution is 0.445. The Bertz CT molecular complexity index is 975. The van der Waals surface area contributed by atoms with Crippen LogP contribution in [0.1, 0.15) is 16.7 Å². The smallest absolute Gasteiger partial charge is 0.204 e. The van der Waals surface area contributed by atoms with Gasteiger partial charge < -0.3 is 19.7 Å². The van der Waals surface area contributed by atoms with Crippen LogP contribution >= 0.6 is 0 Å². The first-order valence-corrected chi connectivity index (χ1v) is 7.09. The second kappa shape index (κ2) is 5.05. The predicted octanol–water partition coefficient (Wildman–Crippen LogP) is 3.50. The van der Waals surface area contributed by atoms with Crippen molar-refractivity contribution in [2.75, 3.05) is 0 Å². The van der Waals surface area contributed by atoms with Gasteiger partial charge in [-0.05, 0) is 49.6 Å². The van der Waals surface area contributed by atoms with Crippen LogP contribution in [-0.2, 0) is 0 Å². The van der Waals surface area contributed by atoms with Gasteiger partial charge in [0.1, 0.15) is 34.5 Å². The molecule has 0 atom stereocenters. The molecule has 0 saturated heterocycles. The first kappa shape index (κ1) is 15.0. The third-order valence-electron chi connectivity index (χ3n) is 4.07. The van der Waals surface area contributed by atoms with Gasteiger partial charge in [-0.3, -0.25) is 4.79 Å². The summed E-state index contributed by atoms with van der Waals surface area (Å²) in [6.07, 6.45) is 1.30. The fraction of sp³-hybridized carbons (Fsp3) is 0.167. The number of rotatable bonds is 1. The summed E-state index contributed by atoms with van der Waals surface area (Å²) >= 11 is 0. The lowest BCUT2D eigenvalue weighted by Gasteiger charge is -2.10. The van der Waals surface area contributed by atoms with E-state index in [1.54, 1.807) is 26.0 Å². The van der Waals surface area contributed by atoms with Gasteiger partial charge in [-0.1, -0.05) is 0 Å². The van der Waals surface area contributed by atoms with Crippen LogP contribution in [-0.4, -0.2) is 15.3 Å². The molecule has 0 unspecified atom stereocenters. The molecule has 3 rings (SSSR count). The Morgan fingerprint density at radius 2 is 1.52 bits per heavy atom. The van der Waals surface area contributed by atoms with Crippen LogP contribution < -0.4 is 5.43 Å². The maximum atomic E-state index is 12.8. The molecule has 0 bridgehead atoms. The molecule has 3 N–H and O–H groups in total. The van der Waals surface area contributed by atoms with Crippen molar-refractivity contribution in [2.24, 2.45) is 0 Å². The van der Waals surface area contributed by atoms with E-state index in [9.17, 15) is 20.1 Å². The van der Waals surface area contributed by atoms with Crippen LogP contribution in [0.5, 0.6) is 17.2 Å². The van der Waals surface area contributed by atoms with Crippen molar-refractivity contribution >= 4 is 11.0 Å². The second-order valence-electron chi connectivity index (χ2n) is 5.68. The largest absolute Gasteiger partial charge is 0.507 e. The van der Waals surface area contributed by atoms with Crippen LogP contribution in [0.4, 0.5) is 0 Å². The van der Waals surface area contributed by atoms with E-state index in [4.69, 9.17) is 4.42 Å². The zero-order valence-corrected chi connectivity index (χ0v) is 13.0. The number of fused-ring (bicyclic) bond motifs is 1. The van der Waals surface area contributed by atoms with Gasteiger partial charge in [0.05, 0.1) is 5.56 Å². The van der Waals surface area contributed by atoms with Crippen molar-refractivity contribution in [3.05, 3.63) is 51.4 Å². The molecular weight excluding hydrogens is 296 g/mol. The molecule has 0 fully saturated rings. The molecular formula is C18H16O5. The van der Waals surface area contributed by atoms with Crippen molar-refractivity contribution in [1.82, 2.24) is 0 Å². The molecule has 0 amide bonds. The summed E-state index contributed by atoms with van der Waals surface area (Å²) < 4.78 is 5.42. The SMILES string of the molecule is Cc1cc(-c2coc3cc(O)c(C)c(O)c3c2=O)cc(C)c1O. The summed E-state index contributed by atoms with van der Waals surface area (Å²) in [5.41, 5.74) is 2.11. The summed E-state index contributed by atoms with van der Waals surface area (Å²) in [6, 6.07) is 4.68. The van der Waals surface area contributed by atoms with Gasteiger partial charge in [0.15, 0.2) is 0 Å². The van der Waals surface area contributed by atoms with Crippen molar-refractivity contribution in [3.8, 4) is 28.4 Å². The lowest BCUT2D eigenvalue weighted by Crippen LogP contribution is -2.06. The average Bonchev–Trinajstić information content (AvgIpc) is 2.50. The molecule has 0 radical (unpaired) electrons. The summed E-state index contributed by atoms with van der Waals surface area (Å²) in [5, 5.41) is 29.8. The van der Waals surface area contributed by atoms with Crippen LogP contribution in [0.3, 0.4) is 0 Å². The summed E-state index contributed by atoms with van der Waals surface area (Å²) in [6.45, 7) is 5.01. The normalized spacial score (nSPS) is 11.1. The molecule has 0 aliphatic rings. The third-order valence-corrected chi connectivity index (χ3v) is 4.07. The monoisotopic (exact) mass is 312 g/mol. The molecule has 0 spiro atoms. The number of phenols is 3. The zero-order chi connectivity index (χ0) is 16.9. The van der Waals surface area contributed by atoms with Gasteiger partial charge in [0.2, 0.25) is 5.43 Å². The molecule has 0 aliphatic heterocycles. The molecule has 5 heteroatoms.